The molecule has 0 aliphatic carbocycles. The second-order valence-corrected chi connectivity index (χ2v) is 5.20. The highest BCUT2D eigenvalue weighted by Gasteiger charge is 2.19. The number of aromatic nitrogens is 4. The quantitative estimate of drug-likeness (QED) is 0.906. The standard InChI is InChI=1S/C13H21N5/c1-8(2)13-16-11(12(14)17(13)5)10-6-15-7-18(10)9(3)4/h6-9H,14H2,1-5H3. The Kier molecular flexibility index (Phi) is 3.15. The van der Waals surface area contributed by atoms with E-state index in [2.05, 4.69) is 42.2 Å². The average Bonchev–Trinajstić information content (AvgIpc) is 2.86. The summed E-state index contributed by atoms with van der Waals surface area (Å²) in [6, 6.07) is 0.339. The third-order valence-corrected chi connectivity index (χ3v) is 3.16. The van der Waals surface area contributed by atoms with Gasteiger partial charge in [0.15, 0.2) is 0 Å². The molecule has 2 aromatic rings. The molecule has 0 aliphatic rings. The fourth-order valence-corrected chi connectivity index (χ4v) is 2.13. The van der Waals surface area contributed by atoms with Crippen LogP contribution in [0.1, 0.15) is 45.5 Å². The van der Waals surface area contributed by atoms with Gasteiger partial charge in [0.25, 0.3) is 0 Å². The van der Waals surface area contributed by atoms with E-state index >= 15 is 0 Å². The van der Waals surface area contributed by atoms with Crippen molar-refractivity contribution in [2.75, 3.05) is 5.73 Å². The van der Waals surface area contributed by atoms with Crippen molar-refractivity contribution in [1.29, 1.82) is 0 Å². The summed E-state index contributed by atoms with van der Waals surface area (Å²) in [7, 11) is 1.96. The van der Waals surface area contributed by atoms with Gasteiger partial charge in [-0.15, -0.1) is 0 Å². The number of hydrogen-bond donors (Lipinski definition) is 1. The second-order valence-electron chi connectivity index (χ2n) is 5.20. The third-order valence-electron chi connectivity index (χ3n) is 3.16. The number of anilines is 1. The molecule has 0 saturated heterocycles. The lowest BCUT2D eigenvalue weighted by Crippen LogP contribution is -2.04. The van der Waals surface area contributed by atoms with Gasteiger partial charge in [0, 0.05) is 19.0 Å². The molecule has 0 amide bonds. The summed E-state index contributed by atoms with van der Waals surface area (Å²) in [5.41, 5.74) is 7.96. The van der Waals surface area contributed by atoms with Crippen LogP contribution in [0.5, 0.6) is 0 Å². The first-order chi connectivity index (χ1) is 8.43. The molecule has 0 fully saturated rings. The van der Waals surface area contributed by atoms with E-state index < -0.39 is 0 Å². The predicted molar refractivity (Wildman–Crippen MR) is 73.3 cm³/mol. The van der Waals surface area contributed by atoms with Crippen LogP contribution in [-0.2, 0) is 7.05 Å². The van der Waals surface area contributed by atoms with Crippen molar-refractivity contribution >= 4 is 5.82 Å². The number of nitrogens with two attached hydrogens (primary N) is 1. The van der Waals surface area contributed by atoms with Crippen molar-refractivity contribution in [1.82, 2.24) is 19.1 Å². The van der Waals surface area contributed by atoms with E-state index in [1.165, 1.54) is 0 Å². The highest BCUT2D eigenvalue weighted by Crippen LogP contribution is 2.29. The topological polar surface area (TPSA) is 61.7 Å². The van der Waals surface area contributed by atoms with Crippen molar-refractivity contribution in [3.63, 3.8) is 0 Å². The largest absolute Gasteiger partial charge is 0.383 e. The van der Waals surface area contributed by atoms with Crippen LogP contribution in [-0.4, -0.2) is 19.1 Å². The first kappa shape index (κ1) is 12.7. The average molecular weight is 247 g/mol. The summed E-state index contributed by atoms with van der Waals surface area (Å²) in [6.45, 7) is 8.47. The Bertz CT molecular complexity index is 548. The van der Waals surface area contributed by atoms with E-state index in [1.807, 2.05) is 24.1 Å². The molecule has 5 nitrogen and oxygen atoms in total. The van der Waals surface area contributed by atoms with Crippen LogP contribution >= 0.6 is 0 Å². The normalized spacial score (nSPS) is 11.7. The summed E-state index contributed by atoms with van der Waals surface area (Å²) in [4.78, 5) is 8.87. The van der Waals surface area contributed by atoms with Crippen LogP contribution in [0.15, 0.2) is 12.5 Å². The van der Waals surface area contributed by atoms with Crippen LogP contribution in [0.2, 0.25) is 0 Å². The summed E-state index contributed by atoms with van der Waals surface area (Å²) in [6.07, 6.45) is 3.64. The number of imidazole rings is 2. The maximum Gasteiger partial charge on any atom is 0.133 e. The van der Waals surface area contributed by atoms with Crippen molar-refractivity contribution in [3.8, 4) is 11.4 Å². The van der Waals surface area contributed by atoms with Crippen LogP contribution < -0.4 is 5.73 Å². The number of rotatable bonds is 3. The van der Waals surface area contributed by atoms with Crippen LogP contribution in [0.4, 0.5) is 5.82 Å². The van der Waals surface area contributed by atoms with Crippen molar-refractivity contribution < 1.29 is 0 Å². The lowest BCUT2D eigenvalue weighted by molar-refractivity contribution is 0.604. The molecule has 18 heavy (non-hydrogen) atoms. The third kappa shape index (κ3) is 1.89. The molecule has 5 heteroatoms. The van der Waals surface area contributed by atoms with Crippen molar-refractivity contribution in [3.05, 3.63) is 18.3 Å². The molecule has 2 heterocycles. The Morgan fingerprint density at radius 2 is 1.89 bits per heavy atom. The second kappa shape index (κ2) is 4.48. The van der Waals surface area contributed by atoms with Gasteiger partial charge < -0.3 is 14.9 Å². The highest BCUT2D eigenvalue weighted by atomic mass is 15.2. The minimum absolute atomic E-state index is 0.339. The number of nitrogen functional groups attached to an aromatic ring is 1. The van der Waals surface area contributed by atoms with E-state index in [1.54, 1.807) is 0 Å². The van der Waals surface area contributed by atoms with Crippen molar-refractivity contribution in [2.45, 2.75) is 39.7 Å². The minimum Gasteiger partial charge on any atom is -0.383 e. The first-order valence-electron chi connectivity index (χ1n) is 6.27. The minimum atomic E-state index is 0.339. The zero-order chi connectivity index (χ0) is 13.4. The molecular formula is C13H21N5. The Balaban J connectivity index is 2.58. The highest BCUT2D eigenvalue weighted by molar-refractivity contribution is 5.68. The maximum atomic E-state index is 6.16. The zero-order valence-corrected chi connectivity index (χ0v) is 11.7. The van der Waals surface area contributed by atoms with Gasteiger partial charge in [-0.25, -0.2) is 9.97 Å². The number of nitrogens with zero attached hydrogens (tertiary/aromatic N) is 4. The van der Waals surface area contributed by atoms with E-state index in [0.29, 0.717) is 17.8 Å². The molecule has 0 bridgehead atoms. The molecule has 2 aromatic heterocycles. The molecule has 98 valence electrons. The maximum absolute atomic E-state index is 6.16. The summed E-state index contributed by atoms with van der Waals surface area (Å²) >= 11 is 0. The molecule has 0 saturated carbocycles. The Hall–Kier alpha value is -1.78. The molecule has 0 radical (unpaired) electrons. The summed E-state index contributed by atoms with van der Waals surface area (Å²) in [5, 5.41) is 0. The van der Waals surface area contributed by atoms with Gasteiger partial charge in [0.05, 0.1) is 18.2 Å². The van der Waals surface area contributed by atoms with Gasteiger partial charge in [0.1, 0.15) is 17.3 Å². The molecular weight excluding hydrogens is 226 g/mol. The molecule has 2 rings (SSSR count). The molecule has 0 atom stereocenters. The Morgan fingerprint density at radius 1 is 1.22 bits per heavy atom. The summed E-state index contributed by atoms with van der Waals surface area (Å²) < 4.78 is 4.04. The monoisotopic (exact) mass is 247 g/mol. The van der Waals surface area contributed by atoms with Crippen LogP contribution in [0.3, 0.4) is 0 Å². The lowest BCUT2D eigenvalue weighted by Gasteiger charge is -2.10. The Morgan fingerprint density at radius 3 is 2.39 bits per heavy atom. The molecule has 2 N–H and O–H groups in total. The Labute approximate surface area is 108 Å². The number of hydrogen-bond acceptors (Lipinski definition) is 3. The van der Waals surface area contributed by atoms with Gasteiger partial charge in [-0.05, 0) is 13.8 Å². The van der Waals surface area contributed by atoms with E-state index in [4.69, 9.17) is 5.73 Å². The lowest BCUT2D eigenvalue weighted by atomic mass is 10.2. The van der Waals surface area contributed by atoms with Gasteiger partial charge >= 0.3 is 0 Å². The molecule has 0 unspecified atom stereocenters. The van der Waals surface area contributed by atoms with Gasteiger partial charge in [0.2, 0.25) is 0 Å². The fourth-order valence-electron chi connectivity index (χ4n) is 2.13. The molecule has 0 aliphatic heterocycles. The zero-order valence-electron chi connectivity index (χ0n) is 11.7. The van der Waals surface area contributed by atoms with Gasteiger partial charge in [-0.2, -0.15) is 0 Å². The van der Waals surface area contributed by atoms with Crippen LogP contribution in [0.25, 0.3) is 11.4 Å². The molecule has 0 aromatic carbocycles. The predicted octanol–water partition coefficient (Wildman–Crippen LogP) is 2.57. The van der Waals surface area contributed by atoms with E-state index in [9.17, 15) is 0 Å². The fraction of sp³-hybridized carbons (Fsp3) is 0.538. The van der Waals surface area contributed by atoms with E-state index in [-0.39, 0.29) is 0 Å². The van der Waals surface area contributed by atoms with Gasteiger partial charge in [-0.1, -0.05) is 13.8 Å². The first-order valence-corrected chi connectivity index (χ1v) is 6.27. The smallest absolute Gasteiger partial charge is 0.133 e. The van der Waals surface area contributed by atoms with Gasteiger partial charge in [-0.3, -0.25) is 0 Å². The van der Waals surface area contributed by atoms with E-state index in [0.717, 1.165) is 17.2 Å². The van der Waals surface area contributed by atoms with Crippen molar-refractivity contribution in [2.24, 2.45) is 7.05 Å². The molecule has 0 spiro atoms. The summed E-state index contributed by atoms with van der Waals surface area (Å²) in [5.74, 6) is 2.04. The van der Waals surface area contributed by atoms with Crippen LogP contribution in [0, 0.1) is 0 Å². The SMILES string of the molecule is CC(C)c1nc(-c2cncn2C(C)C)c(N)n1C.